The summed E-state index contributed by atoms with van der Waals surface area (Å²) >= 11 is 0. The van der Waals surface area contributed by atoms with Crippen molar-refractivity contribution in [2.24, 2.45) is 0 Å². The van der Waals surface area contributed by atoms with Gasteiger partial charge in [0, 0.05) is 6.20 Å². The molecule has 5 heteroatoms. The van der Waals surface area contributed by atoms with Crippen LogP contribution in [0.4, 0.5) is 5.82 Å². The molecule has 0 amide bonds. The van der Waals surface area contributed by atoms with E-state index in [9.17, 15) is 0 Å². The maximum Gasteiger partial charge on any atom is 0.123 e. The minimum absolute atomic E-state index is 0. The van der Waals surface area contributed by atoms with Gasteiger partial charge in [-0.2, -0.15) is 0 Å². The van der Waals surface area contributed by atoms with E-state index in [1.807, 2.05) is 6.07 Å². The van der Waals surface area contributed by atoms with Gasteiger partial charge >= 0.3 is 0 Å². The Morgan fingerprint density at radius 3 is 2.53 bits per heavy atom. The number of aromatic nitrogens is 1. The smallest absolute Gasteiger partial charge is 0.123 e. The molecule has 0 aliphatic carbocycles. The first kappa shape index (κ1) is 14.5. The van der Waals surface area contributed by atoms with Gasteiger partial charge in [-0.25, -0.2) is 4.98 Å². The molecule has 0 unspecified atom stereocenters. The zero-order valence-electron chi connectivity index (χ0n) is 8.48. The first-order valence-electron chi connectivity index (χ1n) is 4.78. The van der Waals surface area contributed by atoms with Crippen LogP contribution in [-0.4, -0.2) is 18.1 Å². The third-order valence-electron chi connectivity index (χ3n) is 2.62. The monoisotopic (exact) mass is 249 g/mol. The molecule has 3 nitrogen and oxygen atoms in total. The van der Waals surface area contributed by atoms with Crippen molar-refractivity contribution in [1.82, 2.24) is 10.3 Å². The highest BCUT2D eigenvalue weighted by Crippen LogP contribution is 2.25. The summed E-state index contributed by atoms with van der Waals surface area (Å²) in [5.41, 5.74) is 6.98. The van der Waals surface area contributed by atoms with E-state index >= 15 is 0 Å². The van der Waals surface area contributed by atoms with Crippen LogP contribution in [0.3, 0.4) is 0 Å². The molecule has 0 spiro atoms. The van der Waals surface area contributed by atoms with Gasteiger partial charge in [0.15, 0.2) is 0 Å². The highest BCUT2D eigenvalue weighted by Gasteiger charge is 2.14. The van der Waals surface area contributed by atoms with Gasteiger partial charge in [0.05, 0.1) is 0 Å². The van der Waals surface area contributed by atoms with E-state index in [1.54, 1.807) is 6.20 Å². The zero-order chi connectivity index (χ0) is 9.10. The first-order chi connectivity index (χ1) is 6.36. The Hall–Kier alpha value is -0.510. The molecular weight excluding hydrogens is 233 g/mol. The molecule has 0 bridgehead atoms. The summed E-state index contributed by atoms with van der Waals surface area (Å²) in [6.07, 6.45) is 4.22. The zero-order valence-corrected chi connectivity index (χ0v) is 10.1. The maximum absolute atomic E-state index is 5.64. The fourth-order valence-electron chi connectivity index (χ4n) is 1.87. The lowest BCUT2D eigenvalue weighted by Gasteiger charge is -2.22. The Labute approximate surface area is 103 Å². The quantitative estimate of drug-likeness (QED) is 0.801. The number of pyridine rings is 1. The van der Waals surface area contributed by atoms with Gasteiger partial charge in [0.1, 0.15) is 5.82 Å². The SMILES string of the molecule is Cl.Cl.Nc1cc(C2CCNCC2)ccn1. The number of anilines is 1. The van der Waals surface area contributed by atoms with Crippen LogP contribution in [-0.2, 0) is 0 Å². The minimum atomic E-state index is 0. The van der Waals surface area contributed by atoms with Crippen molar-refractivity contribution < 1.29 is 0 Å². The Morgan fingerprint density at radius 1 is 1.27 bits per heavy atom. The molecule has 0 radical (unpaired) electrons. The van der Waals surface area contributed by atoms with E-state index in [0.717, 1.165) is 13.1 Å². The van der Waals surface area contributed by atoms with Crippen molar-refractivity contribution in [3.63, 3.8) is 0 Å². The largest absolute Gasteiger partial charge is 0.384 e. The van der Waals surface area contributed by atoms with E-state index in [-0.39, 0.29) is 24.8 Å². The summed E-state index contributed by atoms with van der Waals surface area (Å²) in [4.78, 5) is 4.00. The maximum atomic E-state index is 5.64. The molecule has 1 aromatic rings. The number of hydrogen-bond acceptors (Lipinski definition) is 3. The predicted octanol–water partition coefficient (Wildman–Crippen LogP) is 1.97. The number of nitrogens with zero attached hydrogens (tertiary/aromatic N) is 1. The molecule has 0 saturated carbocycles. The average Bonchev–Trinajstić information content (AvgIpc) is 2.19. The lowest BCUT2D eigenvalue weighted by Crippen LogP contribution is -2.26. The standard InChI is InChI=1S/C10H15N3.2ClH/c11-10-7-9(3-6-13-10)8-1-4-12-5-2-8;;/h3,6-8,12H,1-2,4-5H2,(H2,11,13);2*1H. The normalized spacial score (nSPS) is 16.3. The minimum Gasteiger partial charge on any atom is -0.384 e. The number of nitrogens with two attached hydrogens (primary N) is 1. The van der Waals surface area contributed by atoms with E-state index in [2.05, 4.69) is 16.4 Å². The Kier molecular flexibility index (Phi) is 6.65. The van der Waals surface area contributed by atoms with Crippen molar-refractivity contribution in [3.05, 3.63) is 23.9 Å². The molecule has 0 atom stereocenters. The van der Waals surface area contributed by atoms with Crippen LogP contribution < -0.4 is 11.1 Å². The highest BCUT2D eigenvalue weighted by molar-refractivity contribution is 5.85. The molecule has 15 heavy (non-hydrogen) atoms. The van der Waals surface area contributed by atoms with Crippen molar-refractivity contribution in [2.75, 3.05) is 18.8 Å². The van der Waals surface area contributed by atoms with E-state index in [1.165, 1.54) is 18.4 Å². The summed E-state index contributed by atoms with van der Waals surface area (Å²) < 4.78 is 0. The molecule has 0 aromatic carbocycles. The Bertz CT molecular complexity index is 288. The predicted molar refractivity (Wildman–Crippen MR) is 68.0 cm³/mol. The molecule has 1 saturated heterocycles. The van der Waals surface area contributed by atoms with E-state index < -0.39 is 0 Å². The Balaban J connectivity index is 0.000000980. The molecule has 1 aromatic heterocycles. The lowest BCUT2D eigenvalue weighted by molar-refractivity contribution is 0.460. The first-order valence-corrected chi connectivity index (χ1v) is 4.78. The number of hydrogen-bond donors (Lipinski definition) is 2. The van der Waals surface area contributed by atoms with Crippen molar-refractivity contribution in [1.29, 1.82) is 0 Å². The Morgan fingerprint density at radius 2 is 1.93 bits per heavy atom. The van der Waals surface area contributed by atoms with Crippen molar-refractivity contribution in [2.45, 2.75) is 18.8 Å². The van der Waals surface area contributed by atoms with E-state index in [0.29, 0.717) is 11.7 Å². The van der Waals surface area contributed by atoms with Gasteiger partial charge in [-0.1, -0.05) is 0 Å². The van der Waals surface area contributed by atoms with Crippen LogP contribution in [0, 0.1) is 0 Å². The third-order valence-corrected chi connectivity index (χ3v) is 2.62. The van der Waals surface area contributed by atoms with E-state index in [4.69, 9.17) is 5.73 Å². The van der Waals surface area contributed by atoms with Crippen LogP contribution in [0.1, 0.15) is 24.3 Å². The summed E-state index contributed by atoms with van der Waals surface area (Å²) in [5.74, 6) is 1.31. The summed E-state index contributed by atoms with van der Waals surface area (Å²) in [6.45, 7) is 2.24. The highest BCUT2D eigenvalue weighted by atomic mass is 35.5. The van der Waals surface area contributed by atoms with Crippen LogP contribution in [0.2, 0.25) is 0 Å². The second-order valence-corrected chi connectivity index (χ2v) is 3.54. The second-order valence-electron chi connectivity index (χ2n) is 3.54. The average molecular weight is 250 g/mol. The molecule has 86 valence electrons. The van der Waals surface area contributed by atoms with Crippen LogP contribution in [0.15, 0.2) is 18.3 Å². The van der Waals surface area contributed by atoms with Gasteiger partial charge in [-0.15, -0.1) is 24.8 Å². The van der Waals surface area contributed by atoms with Crippen molar-refractivity contribution >= 4 is 30.6 Å². The molecule has 2 heterocycles. The van der Waals surface area contributed by atoms with Gasteiger partial charge in [0.2, 0.25) is 0 Å². The third kappa shape index (κ3) is 3.86. The van der Waals surface area contributed by atoms with Crippen molar-refractivity contribution in [3.8, 4) is 0 Å². The van der Waals surface area contributed by atoms with Gasteiger partial charge < -0.3 is 11.1 Å². The second kappa shape index (κ2) is 6.88. The lowest BCUT2D eigenvalue weighted by atomic mass is 9.91. The van der Waals surface area contributed by atoms with Crippen LogP contribution >= 0.6 is 24.8 Å². The summed E-state index contributed by atoms with van der Waals surface area (Å²) in [5, 5.41) is 3.35. The number of nitrogen functional groups attached to an aromatic ring is 1. The summed E-state index contributed by atoms with van der Waals surface area (Å²) in [6, 6.07) is 4.07. The molecule has 1 aliphatic heterocycles. The molecule has 2 rings (SSSR count). The van der Waals surface area contributed by atoms with Crippen LogP contribution in [0.5, 0.6) is 0 Å². The number of halogens is 2. The molecular formula is C10H17Cl2N3. The van der Waals surface area contributed by atoms with Gasteiger partial charge in [0.25, 0.3) is 0 Å². The van der Waals surface area contributed by atoms with Crippen LogP contribution in [0.25, 0.3) is 0 Å². The molecule has 3 N–H and O–H groups in total. The number of piperidine rings is 1. The van der Waals surface area contributed by atoms with Gasteiger partial charge in [-0.05, 0) is 49.5 Å². The summed E-state index contributed by atoms with van der Waals surface area (Å²) in [7, 11) is 0. The molecule has 1 aliphatic rings. The fourth-order valence-corrected chi connectivity index (χ4v) is 1.87. The topological polar surface area (TPSA) is 50.9 Å². The fraction of sp³-hybridized carbons (Fsp3) is 0.500. The van der Waals surface area contributed by atoms with Gasteiger partial charge in [-0.3, -0.25) is 0 Å². The number of rotatable bonds is 1. The number of nitrogens with one attached hydrogen (secondary N) is 1. The molecule has 1 fully saturated rings.